The van der Waals surface area contributed by atoms with Gasteiger partial charge >= 0.3 is 0 Å². The molecule has 2 heteroatoms. The summed E-state index contributed by atoms with van der Waals surface area (Å²) in [6, 6.07) is 6.75. The predicted molar refractivity (Wildman–Crippen MR) is 74.6 cm³/mol. The van der Waals surface area contributed by atoms with Gasteiger partial charge in [-0.25, -0.2) is 0 Å². The first-order valence-corrected chi connectivity index (χ1v) is 6.77. The molecule has 0 spiro atoms. The maximum atomic E-state index is 8.89. The number of anilines is 1. The van der Waals surface area contributed by atoms with Crippen molar-refractivity contribution < 1.29 is 0 Å². The van der Waals surface area contributed by atoms with Gasteiger partial charge in [-0.15, -0.1) is 0 Å². The first-order chi connectivity index (χ1) is 8.78. The molecule has 2 heterocycles. The third-order valence-electron chi connectivity index (χ3n) is 3.91. The predicted octanol–water partition coefficient (Wildman–Crippen LogP) is 3.31. The van der Waals surface area contributed by atoms with Gasteiger partial charge in [-0.05, 0) is 67.5 Å². The number of aryl methyl sites for hydroxylation is 2. The van der Waals surface area contributed by atoms with E-state index in [9.17, 15) is 0 Å². The Labute approximate surface area is 109 Å². The highest BCUT2D eigenvalue weighted by atomic mass is 15.1. The van der Waals surface area contributed by atoms with Crippen molar-refractivity contribution in [1.82, 2.24) is 0 Å². The van der Waals surface area contributed by atoms with Gasteiger partial charge in [0.05, 0.1) is 6.07 Å². The summed E-state index contributed by atoms with van der Waals surface area (Å²) < 4.78 is 0. The number of rotatable bonds is 1. The van der Waals surface area contributed by atoms with Gasteiger partial charge in [0.1, 0.15) is 0 Å². The Kier molecular flexibility index (Phi) is 2.83. The molecule has 3 rings (SSSR count). The standard InChI is InChI=1S/C16H18N2/c1-12(11-17)8-13-9-14-4-2-6-18-7-3-5-15(10-13)16(14)18/h8-10H,2-7H2,1H3. The van der Waals surface area contributed by atoms with Crippen LogP contribution >= 0.6 is 0 Å². The molecule has 0 aliphatic carbocycles. The first-order valence-electron chi connectivity index (χ1n) is 6.77. The molecule has 0 saturated heterocycles. The normalized spacial score (nSPS) is 18.2. The van der Waals surface area contributed by atoms with Crippen molar-refractivity contribution >= 4 is 11.8 Å². The molecule has 1 aromatic rings. The van der Waals surface area contributed by atoms with Crippen LogP contribution in [0.5, 0.6) is 0 Å². The van der Waals surface area contributed by atoms with Crippen LogP contribution in [0.1, 0.15) is 36.5 Å². The molecule has 0 atom stereocenters. The van der Waals surface area contributed by atoms with Gasteiger partial charge in [0, 0.05) is 24.4 Å². The lowest BCUT2D eigenvalue weighted by atomic mass is 9.90. The fourth-order valence-electron chi connectivity index (χ4n) is 3.20. The summed E-state index contributed by atoms with van der Waals surface area (Å²) in [7, 11) is 0. The van der Waals surface area contributed by atoms with Gasteiger partial charge in [-0.2, -0.15) is 5.26 Å². The van der Waals surface area contributed by atoms with Crippen LogP contribution in [-0.4, -0.2) is 13.1 Å². The second-order valence-corrected chi connectivity index (χ2v) is 5.32. The minimum atomic E-state index is 0.783. The summed E-state index contributed by atoms with van der Waals surface area (Å²) in [6.45, 7) is 4.30. The second-order valence-electron chi connectivity index (χ2n) is 5.32. The van der Waals surface area contributed by atoms with Gasteiger partial charge in [0.2, 0.25) is 0 Å². The summed E-state index contributed by atoms with van der Waals surface area (Å²) in [4.78, 5) is 2.54. The molecule has 2 nitrogen and oxygen atoms in total. The Morgan fingerprint density at radius 3 is 2.39 bits per heavy atom. The van der Waals surface area contributed by atoms with Crippen molar-refractivity contribution in [2.75, 3.05) is 18.0 Å². The number of hydrogen-bond acceptors (Lipinski definition) is 2. The molecule has 0 radical (unpaired) electrons. The number of nitriles is 1. The number of allylic oxidation sites excluding steroid dienone is 1. The van der Waals surface area contributed by atoms with Gasteiger partial charge in [0.25, 0.3) is 0 Å². The van der Waals surface area contributed by atoms with Gasteiger partial charge in [-0.3, -0.25) is 0 Å². The van der Waals surface area contributed by atoms with Gasteiger partial charge in [-0.1, -0.05) is 0 Å². The number of nitrogens with zero attached hydrogens (tertiary/aromatic N) is 2. The zero-order valence-corrected chi connectivity index (χ0v) is 10.9. The van der Waals surface area contributed by atoms with E-state index in [0.29, 0.717) is 0 Å². The van der Waals surface area contributed by atoms with Crippen LogP contribution in [0.25, 0.3) is 6.08 Å². The van der Waals surface area contributed by atoms with Crippen LogP contribution in [0.3, 0.4) is 0 Å². The van der Waals surface area contributed by atoms with E-state index in [0.717, 1.165) is 5.57 Å². The highest BCUT2D eigenvalue weighted by Crippen LogP contribution is 2.36. The Bertz CT molecular complexity index is 518. The van der Waals surface area contributed by atoms with Crippen molar-refractivity contribution in [2.24, 2.45) is 0 Å². The molecular weight excluding hydrogens is 220 g/mol. The zero-order valence-electron chi connectivity index (χ0n) is 10.9. The lowest BCUT2D eigenvalue weighted by molar-refractivity contribution is 0.634. The smallest absolute Gasteiger partial charge is 0.0944 e. The monoisotopic (exact) mass is 238 g/mol. The first kappa shape index (κ1) is 11.3. The van der Waals surface area contributed by atoms with Crippen LogP contribution in [0, 0.1) is 11.3 Å². The average Bonchev–Trinajstić information content (AvgIpc) is 2.39. The summed E-state index contributed by atoms with van der Waals surface area (Å²) in [6.07, 6.45) is 6.90. The molecule has 0 unspecified atom stereocenters. The largest absolute Gasteiger partial charge is 0.371 e. The second kappa shape index (κ2) is 4.49. The fraction of sp³-hybridized carbons (Fsp3) is 0.438. The quantitative estimate of drug-likeness (QED) is 0.702. The maximum Gasteiger partial charge on any atom is 0.0944 e. The van der Waals surface area contributed by atoms with Crippen LogP contribution in [-0.2, 0) is 12.8 Å². The Hall–Kier alpha value is -1.75. The lowest BCUT2D eigenvalue weighted by Crippen LogP contribution is -2.34. The van der Waals surface area contributed by atoms with E-state index in [-0.39, 0.29) is 0 Å². The summed E-state index contributed by atoms with van der Waals surface area (Å²) in [5.41, 5.74) is 6.45. The van der Waals surface area contributed by atoms with Crippen molar-refractivity contribution in [3.05, 3.63) is 34.4 Å². The van der Waals surface area contributed by atoms with Crippen LogP contribution < -0.4 is 4.90 Å². The molecular formula is C16H18N2. The highest BCUT2D eigenvalue weighted by molar-refractivity contribution is 5.69. The SMILES string of the molecule is CC(C#N)=Cc1cc2c3c(c1)CCCN3CCC2. The van der Waals surface area contributed by atoms with E-state index in [1.54, 1.807) is 0 Å². The van der Waals surface area contributed by atoms with Gasteiger partial charge < -0.3 is 4.90 Å². The zero-order chi connectivity index (χ0) is 12.5. The number of hydrogen-bond donors (Lipinski definition) is 0. The summed E-state index contributed by atoms with van der Waals surface area (Å²) in [5, 5.41) is 8.89. The molecule has 0 fully saturated rings. The summed E-state index contributed by atoms with van der Waals surface area (Å²) >= 11 is 0. The minimum absolute atomic E-state index is 0.783. The molecule has 0 N–H and O–H groups in total. The van der Waals surface area contributed by atoms with Crippen LogP contribution in [0.2, 0.25) is 0 Å². The topological polar surface area (TPSA) is 27.0 Å². The molecule has 0 amide bonds. The molecule has 2 aliphatic heterocycles. The average molecular weight is 238 g/mol. The molecule has 0 aromatic heterocycles. The third-order valence-corrected chi connectivity index (χ3v) is 3.91. The fourth-order valence-corrected chi connectivity index (χ4v) is 3.20. The van der Waals surface area contributed by atoms with E-state index in [2.05, 4.69) is 23.1 Å². The Morgan fingerprint density at radius 1 is 1.22 bits per heavy atom. The molecule has 1 aromatic carbocycles. The van der Waals surface area contributed by atoms with Crippen LogP contribution in [0.4, 0.5) is 5.69 Å². The van der Waals surface area contributed by atoms with E-state index in [1.165, 1.54) is 61.2 Å². The Balaban J connectivity index is 2.09. The van der Waals surface area contributed by atoms with Gasteiger partial charge in [0.15, 0.2) is 0 Å². The molecule has 0 bridgehead atoms. The van der Waals surface area contributed by atoms with E-state index < -0.39 is 0 Å². The minimum Gasteiger partial charge on any atom is -0.371 e. The van der Waals surface area contributed by atoms with Crippen LogP contribution in [0.15, 0.2) is 17.7 Å². The van der Waals surface area contributed by atoms with E-state index in [1.807, 2.05) is 13.0 Å². The lowest BCUT2D eigenvalue weighted by Gasteiger charge is -2.37. The van der Waals surface area contributed by atoms with E-state index >= 15 is 0 Å². The highest BCUT2D eigenvalue weighted by Gasteiger charge is 2.23. The van der Waals surface area contributed by atoms with Crippen molar-refractivity contribution in [3.8, 4) is 6.07 Å². The van der Waals surface area contributed by atoms with Crippen molar-refractivity contribution in [2.45, 2.75) is 32.6 Å². The molecule has 2 aliphatic rings. The molecule has 0 saturated carbocycles. The maximum absolute atomic E-state index is 8.89. The molecule has 92 valence electrons. The Morgan fingerprint density at radius 2 is 1.83 bits per heavy atom. The third kappa shape index (κ3) is 1.90. The van der Waals surface area contributed by atoms with E-state index in [4.69, 9.17) is 5.26 Å². The number of benzene rings is 1. The van der Waals surface area contributed by atoms with Crippen molar-refractivity contribution in [3.63, 3.8) is 0 Å². The molecule has 18 heavy (non-hydrogen) atoms. The van der Waals surface area contributed by atoms with Crippen molar-refractivity contribution in [1.29, 1.82) is 5.26 Å². The summed E-state index contributed by atoms with van der Waals surface area (Å²) in [5.74, 6) is 0.